The van der Waals surface area contributed by atoms with Gasteiger partial charge in [0.25, 0.3) is 0 Å². The van der Waals surface area contributed by atoms with Crippen LogP contribution in [0.25, 0.3) is 11.4 Å². The van der Waals surface area contributed by atoms with Crippen LogP contribution in [0.5, 0.6) is 0 Å². The quantitative estimate of drug-likeness (QED) is 0.823. The van der Waals surface area contributed by atoms with E-state index < -0.39 is 0 Å². The molecule has 2 aromatic rings. The molecule has 84 valence electrons. The molecule has 3 N–H and O–H groups in total. The van der Waals surface area contributed by atoms with Crippen molar-refractivity contribution in [1.82, 2.24) is 15.2 Å². The molecule has 2 heterocycles. The first kappa shape index (κ1) is 10.8. The number of hydrogen-bond acceptors (Lipinski definition) is 3. The minimum atomic E-state index is -0.352. The van der Waals surface area contributed by atoms with Gasteiger partial charge in [0.2, 0.25) is 0 Å². The minimum absolute atomic E-state index is 0.0782. The summed E-state index contributed by atoms with van der Waals surface area (Å²) in [7, 11) is 0. The van der Waals surface area contributed by atoms with Crippen LogP contribution in [0.4, 0.5) is 4.39 Å². The molecule has 0 aromatic carbocycles. The zero-order chi connectivity index (χ0) is 11.5. The predicted octanol–water partition coefficient (Wildman–Crippen LogP) is 1.50. The molecule has 0 spiro atoms. The highest BCUT2D eigenvalue weighted by atomic mass is 19.1. The summed E-state index contributed by atoms with van der Waals surface area (Å²) >= 11 is 0. The summed E-state index contributed by atoms with van der Waals surface area (Å²) in [6.45, 7) is 1.93. The molecule has 1 atom stereocenters. The van der Waals surface area contributed by atoms with Crippen molar-refractivity contribution in [2.24, 2.45) is 5.73 Å². The van der Waals surface area contributed by atoms with E-state index in [0.29, 0.717) is 11.4 Å². The number of pyridine rings is 1. The molecule has 16 heavy (non-hydrogen) atoms. The molecule has 0 aliphatic carbocycles. The van der Waals surface area contributed by atoms with Crippen LogP contribution < -0.4 is 5.73 Å². The summed E-state index contributed by atoms with van der Waals surface area (Å²) in [6.07, 6.45) is 1.91. The van der Waals surface area contributed by atoms with Gasteiger partial charge in [-0.05, 0) is 25.1 Å². The normalized spacial score (nSPS) is 12.7. The fraction of sp³-hybridized carbons (Fsp3) is 0.273. The lowest BCUT2D eigenvalue weighted by Gasteiger charge is -1.99. The maximum Gasteiger partial charge on any atom is 0.141 e. The standard InChI is InChI=1S/C11H13FN4/c1-7(13)4-9-5-11(16-15-9)10-3-2-8(12)6-14-10/h2-3,5-7H,4,13H2,1H3,(H,15,16). The fourth-order valence-corrected chi connectivity index (χ4v) is 1.47. The third kappa shape index (κ3) is 2.43. The molecule has 5 heteroatoms. The Kier molecular flexibility index (Phi) is 2.96. The maximum absolute atomic E-state index is 12.7. The van der Waals surface area contributed by atoms with E-state index in [9.17, 15) is 4.39 Å². The Hall–Kier alpha value is -1.75. The third-order valence-corrected chi connectivity index (χ3v) is 2.16. The van der Waals surface area contributed by atoms with Gasteiger partial charge in [-0.25, -0.2) is 4.39 Å². The van der Waals surface area contributed by atoms with E-state index in [4.69, 9.17) is 5.73 Å². The van der Waals surface area contributed by atoms with Gasteiger partial charge >= 0.3 is 0 Å². The van der Waals surface area contributed by atoms with Crippen LogP contribution in [0.3, 0.4) is 0 Å². The first-order valence-electron chi connectivity index (χ1n) is 5.07. The molecule has 0 fully saturated rings. The number of H-pyrrole nitrogens is 1. The van der Waals surface area contributed by atoms with Crippen molar-refractivity contribution in [3.63, 3.8) is 0 Å². The molecule has 0 radical (unpaired) electrons. The zero-order valence-corrected chi connectivity index (χ0v) is 8.94. The molecule has 0 amide bonds. The van der Waals surface area contributed by atoms with E-state index in [1.807, 2.05) is 13.0 Å². The third-order valence-electron chi connectivity index (χ3n) is 2.16. The summed E-state index contributed by atoms with van der Waals surface area (Å²) in [4.78, 5) is 3.95. The van der Waals surface area contributed by atoms with Gasteiger partial charge in [0.1, 0.15) is 11.5 Å². The van der Waals surface area contributed by atoms with E-state index in [2.05, 4.69) is 15.2 Å². The predicted molar refractivity (Wildman–Crippen MR) is 59.1 cm³/mol. The summed E-state index contributed by atoms with van der Waals surface area (Å²) in [5, 5.41) is 6.99. The second-order valence-electron chi connectivity index (χ2n) is 3.82. The number of aromatic amines is 1. The van der Waals surface area contributed by atoms with Gasteiger partial charge in [-0.15, -0.1) is 0 Å². The van der Waals surface area contributed by atoms with Crippen molar-refractivity contribution in [2.75, 3.05) is 0 Å². The average molecular weight is 220 g/mol. The number of hydrogen-bond donors (Lipinski definition) is 2. The van der Waals surface area contributed by atoms with Gasteiger partial charge in [0.15, 0.2) is 0 Å². The highest BCUT2D eigenvalue weighted by molar-refractivity contribution is 5.53. The Morgan fingerprint density at radius 3 is 2.88 bits per heavy atom. The van der Waals surface area contributed by atoms with Gasteiger partial charge < -0.3 is 5.73 Å². The lowest BCUT2D eigenvalue weighted by molar-refractivity contribution is 0.622. The molecule has 0 bridgehead atoms. The van der Waals surface area contributed by atoms with E-state index in [0.717, 1.165) is 12.1 Å². The molecule has 4 nitrogen and oxygen atoms in total. The van der Waals surface area contributed by atoms with Crippen LogP contribution in [0, 0.1) is 5.82 Å². The Morgan fingerprint density at radius 1 is 1.44 bits per heavy atom. The molecule has 0 aliphatic rings. The Morgan fingerprint density at radius 2 is 2.25 bits per heavy atom. The first-order chi connectivity index (χ1) is 7.65. The van der Waals surface area contributed by atoms with Crippen molar-refractivity contribution >= 4 is 0 Å². The summed E-state index contributed by atoms with van der Waals surface area (Å²) in [5.74, 6) is -0.352. The van der Waals surface area contributed by atoms with E-state index in [1.165, 1.54) is 12.3 Å². The van der Waals surface area contributed by atoms with E-state index >= 15 is 0 Å². The topological polar surface area (TPSA) is 67.6 Å². The van der Waals surface area contributed by atoms with Gasteiger partial charge in [0, 0.05) is 18.2 Å². The van der Waals surface area contributed by atoms with Gasteiger partial charge in [-0.1, -0.05) is 0 Å². The van der Waals surface area contributed by atoms with Crippen LogP contribution in [0.2, 0.25) is 0 Å². The van der Waals surface area contributed by atoms with Crippen LogP contribution in [-0.4, -0.2) is 21.2 Å². The molecule has 1 unspecified atom stereocenters. The van der Waals surface area contributed by atoms with Gasteiger partial charge in [0.05, 0.1) is 11.9 Å². The molecule has 0 saturated carbocycles. The van der Waals surface area contributed by atoms with Crippen molar-refractivity contribution < 1.29 is 4.39 Å². The maximum atomic E-state index is 12.7. The second kappa shape index (κ2) is 4.40. The molecule has 2 aromatic heterocycles. The molecule has 2 rings (SSSR count). The lowest BCUT2D eigenvalue weighted by atomic mass is 10.2. The number of rotatable bonds is 3. The van der Waals surface area contributed by atoms with Crippen LogP contribution in [0.15, 0.2) is 24.4 Å². The molecular formula is C11H13FN4. The van der Waals surface area contributed by atoms with Crippen molar-refractivity contribution in [3.05, 3.63) is 35.9 Å². The number of nitrogens with zero attached hydrogens (tertiary/aromatic N) is 2. The number of aromatic nitrogens is 3. The van der Waals surface area contributed by atoms with Crippen molar-refractivity contribution in [1.29, 1.82) is 0 Å². The summed E-state index contributed by atoms with van der Waals surface area (Å²) in [5.41, 5.74) is 7.99. The monoisotopic (exact) mass is 220 g/mol. The Bertz CT molecular complexity index is 461. The first-order valence-corrected chi connectivity index (χ1v) is 5.07. The van der Waals surface area contributed by atoms with Crippen LogP contribution in [0.1, 0.15) is 12.6 Å². The van der Waals surface area contributed by atoms with Crippen molar-refractivity contribution in [2.45, 2.75) is 19.4 Å². The van der Waals surface area contributed by atoms with Gasteiger partial charge in [-0.2, -0.15) is 5.10 Å². The Labute approximate surface area is 92.7 Å². The molecule has 0 saturated heterocycles. The number of nitrogens with one attached hydrogen (secondary N) is 1. The molecule has 0 aliphatic heterocycles. The fourth-order valence-electron chi connectivity index (χ4n) is 1.47. The average Bonchev–Trinajstić information content (AvgIpc) is 2.66. The SMILES string of the molecule is CC(N)Cc1cc(-c2ccc(F)cn2)n[nH]1. The summed E-state index contributed by atoms with van der Waals surface area (Å²) < 4.78 is 12.7. The number of halogens is 1. The Balaban J connectivity index is 2.21. The van der Waals surface area contributed by atoms with Crippen LogP contribution in [-0.2, 0) is 6.42 Å². The zero-order valence-electron chi connectivity index (χ0n) is 8.94. The minimum Gasteiger partial charge on any atom is -0.328 e. The second-order valence-corrected chi connectivity index (χ2v) is 3.82. The van der Waals surface area contributed by atoms with E-state index in [1.54, 1.807) is 6.07 Å². The highest BCUT2D eigenvalue weighted by Crippen LogP contribution is 2.15. The largest absolute Gasteiger partial charge is 0.328 e. The number of nitrogens with two attached hydrogens (primary N) is 1. The van der Waals surface area contributed by atoms with E-state index in [-0.39, 0.29) is 11.9 Å². The summed E-state index contributed by atoms with van der Waals surface area (Å²) in [6, 6.07) is 4.92. The van der Waals surface area contributed by atoms with Crippen LogP contribution >= 0.6 is 0 Å². The lowest BCUT2D eigenvalue weighted by Crippen LogP contribution is -2.17. The molecular weight excluding hydrogens is 207 g/mol. The highest BCUT2D eigenvalue weighted by Gasteiger charge is 2.06. The van der Waals surface area contributed by atoms with Crippen molar-refractivity contribution in [3.8, 4) is 11.4 Å². The smallest absolute Gasteiger partial charge is 0.141 e. The van der Waals surface area contributed by atoms with Gasteiger partial charge in [-0.3, -0.25) is 10.1 Å².